The summed E-state index contributed by atoms with van der Waals surface area (Å²) in [5.74, 6) is 1.29. The van der Waals surface area contributed by atoms with Crippen molar-refractivity contribution in [3.05, 3.63) is 35.3 Å². The Bertz CT molecular complexity index is 384. The number of benzene rings is 1. The first kappa shape index (κ1) is 15.0. The van der Waals surface area contributed by atoms with E-state index in [1.54, 1.807) is 13.2 Å². The Morgan fingerprint density at radius 1 is 1.44 bits per heavy atom. The van der Waals surface area contributed by atoms with Crippen LogP contribution in [-0.4, -0.2) is 38.0 Å². The molecule has 0 radical (unpaired) electrons. The summed E-state index contributed by atoms with van der Waals surface area (Å²) in [5.41, 5.74) is 0. The molecule has 0 heterocycles. The maximum atomic E-state index is 9.71. The maximum absolute atomic E-state index is 9.71. The summed E-state index contributed by atoms with van der Waals surface area (Å²) in [6.07, 6.45) is -0.582. The first-order chi connectivity index (χ1) is 8.63. The highest BCUT2D eigenvalue weighted by atomic mass is 79.9. The van der Waals surface area contributed by atoms with E-state index in [4.69, 9.17) is 9.47 Å². The molecule has 0 aromatic heterocycles. The summed E-state index contributed by atoms with van der Waals surface area (Å²) in [7, 11) is 1.59. The summed E-state index contributed by atoms with van der Waals surface area (Å²) >= 11 is 3.23. The highest BCUT2D eigenvalue weighted by molar-refractivity contribution is 9.11. The summed E-state index contributed by atoms with van der Waals surface area (Å²) < 4.78 is 11.5. The molecule has 2 N–H and O–H groups in total. The van der Waals surface area contributed by atoms with Gasteiger partial charge in [-0.2, -0.15) is 0 Å². The minimum Gasteiger partial charge on any atom is -0.493 e. The van der Waals surface area contributed by atoms with Crippen LogP contribution in [0.3, 0.4) is 0 Å². The van der Waals surface area contributed by atoms with E-state index in [1.165, 1.54) is 0 Å². The van der Waals surface area contributed by atoms with Crippen LogP contribution in [0, 0.1) is 0 Å². The number of halogens is 1. The van der Waals surface area contributed by atoms with Crippen LogP contribution < -0.4 is 14.8 Å². The molecular weight excluding hydrogens is 298 g/mol. The van der Waals surface area contributed by atoms with Gasteiger partial charge in [-0.3, -0.25) is 0 Å². The number of rotatable bonds is 8. The molecule has 5 heteroatoms. The van der Waals surface area contributed by atoms with E-state index in [0.717, 1.165) is 4.48 Å². The van der Waals surface area contributed by atoms with Gasteiger partial charge >= 0.3 is 0 Å². The van der Waals surface area contributed by atoms with Crippen LogP contribution in [0.5, 0.6) is 11.5 Å². The predicted octanol–water partition coefficient (Wildman–Crippen LogP) is 1.93. The van der Waals surface area contributed by atoms with Gasteiger partial charge in [0.05, 0.1) is 7.11 Å². The second kappa shape index (κ2) is 8.13. The standard InChI is InChI=1S/C13H18BrNO3/c1-10(14)7-15-8-11(16)9-18-13-6-4-3-5-12(13)17-2/h3-6,11,15-16H,1,7-9H2,2H3. The zero-order chi connectivity index (χ0) is 13.4. The van der Waals surface area contributed by atoms with Crippen LogP contribution >= 0.6 is 15.9 Å². The Morgan fingerprint density at radius 3 is 2.72 bits per heavy atom. The first-order valence-electron chi connectivity index (χ1n) is 5.61. The molecule has 0 fully saturated rings. The summed E-state index contributed by atoms with van der Waals surface area (Å²) in [4.78, 5) is 0. The fourth-order valence-electron chi connectivity index (χ4n) is 1.36. The molecule has 1 aromatic rings. The molecule has 0 spiro atoms. The Balaban J connectivity index is 2.33. The topological polar surface area (TPSA) is 50.7 Å². The zero-order valence-electron chi connectivity index (χ0n) is 10.4. The summed E-state index contributed by atoms with van der Waals surface area (Å²) in [5, 5.41) is 12.8. The number of aliphatic hydroxyl groups is 1. The molecule has 18 heavy (non-hydrogen) atoms. The molecule has 1 unspecified atom stereocenters. The second-order valence-corrected chi connectivity index (χ2v) is 4.89. The Labute approximate surface area is 116 Å². The molecule has 1 atom stereocenters. The van der Waals surface area contributed by atoms with Crippen LogP contribution in [0.1, 0.15) is 0 Å². The predicted molar refractivity (Wildman–Crippen MR) is 75.4 cm³/mol. The highest BCUT2D eigenvalue weighted by Crippen LogP contribution is 2.25. The molecule has 0 aliphatic rings. The van der Waals surface area contributed by atoms with Crippen molar-refractivity contribution in [3.8, 4) is 11.5 Å². The molecule has 0 bridgehead atoms. The number of nitrogens with one attached hydrogen (secondary N) is 1. The summed E-state index contributed by atoms with van der Waals surface area (Å²) in [6.45, 7) is 4.96. The third kappa shape index (κ3) is 5.53. The largest absolute Gasteiger partial charge is 0.493 e. The molecular formula is C13H18BrNO3. The molecule has 0 saturated carbocycles. The van der Waals surface area contributed by atoms with Crippen molar-refractivity contribution in [2.45, 2.75) is 6.10 Å². The van der Waals surface area contributed by atoms with E-state index in [-0.39, 0.29) is 6.61 Å². The van der Waals surface area contributed by atoms with Gasteiger partial charge in [-0.15, -0.1) is 0 Å². The lowest BCUT2D eigenvalue weighted by molar-refractivity contribution is 0.105. The molecule has 1 aromatic carbocycles. The van der Waals surface area contributed by atoms with Crippen molar-refractivity contribution in [1.82, 2.24) is 5.32 Å². The minimum absolute atomic E-state index is 0.210. The molecule has 100 valence electrons. The maximum Gasteiger partial charge on any atom is 0.161 e. The van der Waals surface area contributed by atoms with Crippen molar-refractivity contribution in [2.24, 2.45) is 0 Å². The average Bonchev–Trinajstić information content (AvgIpc) is 2.36. The first-order valence-corrected chi connectivity index (χ1v) is 6.40. The van der Waals surface area contributed by atoms with Gasteiger partial charge in [0.2, 0.25) is 0 Å². The smallest absolute Gasteiger partial charge is 0.161 e. The second-order valence-electron chi connectivity index (χ2n) is 3.76. The van der Waals surface area contributed by atoms with E-state index in [1.807, 2.05) is 18.2 Å². The van der Waals surface area contributed by atoms with Crippen molar-refractivity contribution in [1.29, 1.82) is 0 Å². The normalized spacial score (nSPS) is 11.9. The van der Waals surface area contributed by atoms with Gasteiger partial charge in [-0.1, -0.05) is 34.6 Å². The van der Waals surface area contributed by atoms with E-state index in [2.05, 4.69) is 27.8 Å². The molecule has 0 aliphatic carbocycles. The van der Waals surface area contributed by atoms with Gasteiger partial charge in [0, 0.05) is 17.6 Å². The molecule has 4 nitrogen and oxygen atoms in total. The van der Waals surface area contributed by atoms with E-state index in [0.29, 0.717) is 24.6 Å². The lowest BCUT2D eigenvalue weighted by Crippen LogP contribution is -2.32. The number of para-hydroxylation sites is 2. The third-order valence-electron chi connectivity index (χ3n) is 2.20. The molecule has 0 aliphatic heterocycles. The number of hydrogen-bond acceptors (Lipinski definition) is 4. The number of methoxy groups -OCH3 is 1. The zero-order valence-corrected chi connectivity index (χ0v) is 11.9. The number of ether oxygens (including phenoxy) is 2. The van der Waals surface area contributed by atoms with E-state index in [9.17, 15) is 5.11 Å². The van der Waals surface area contributed by atoms with Crippen LogP contribution in [0.25, 0.3) is 0 Å². The van der Waals surface area contributed by atoms with Crippen molar-refractivity contribution in [2.75, 3.05) is 26.8 Å². The monoisotopic (exact) mass is 315 g/mol. The average molecular weight is 316 g/mol. The molecule has 0 saturated heterocycles. The van der Waals surface area contributed by atoms with E-state index >= 15 is 0 Å². The van der Waals surface area contributed by atoms with Gasteiger partial charge < -0.3 is 19.9 Å². The SMILES string of the molecule is C=C(Br)CNCC(O)COc1ccccc1OC. The fraction of sp³-hybridized carbons (Fsp3) is 0.385. The van der Waals surface area contributed by atoms with Crippen molar-refractivity contribution >= 4 is 15.9 Å². The van der Waals surface area contributed by atoms with Crippen LogP contribution in [0.2, 0.25) is 0 Å². The quantitative estimate of drug-likeness (QED) is 0.769. The van der Waals surface area contributed by atoms with Gasteiger partial charge in [0.25, 0.3) is 0 Å². The fourth-order valence-corrected chi connectivity index (χ4v) is 1.56. The Morgan fingerprint density at radius 2 is 2.11 bits per heavy atom. The highest BCUT2D eigenvalue weighted by Gasteiger charge is 2.07. The van der Waals surface area contributed by atoms with Gasteiger partial charge in [-0.25, -0.2) is 0 Å². The Hall–Kier alpha value is -1.04. The van der Waals surface area contributed by atoms with E-state index < -0.39 is 6.10 Å². The Kier molecular flexibility index (Phi) is 6.78. The number of aliphatic hydroxyl groups excluding tert-OH is 1. The number of hydrogen-bond donors (Lipinski definition) is 2. The van der Waals surface area contributed by atoms with Crippen LogP contribution in [0.4, 0.5) is 0 Å². The van der Waals surface area contributed by atoms with Crippen molar-refractivity contribution in [3.63, 3.8) is 0 Å². The molecule has 1 rings (SSSR count). The van der Waals surface area contributed by atoms with Crippen LogP contribution in [-0.2, 0) is 0 Å². The third-order valence-corrected chi connectivity index (χ3v) is 2.48. The van der Waals surface area contributed by atoms with Gasteiger partial charge in [-0.05, 0) is 12.1 Å². The van der Waals surface area contributed by atoms with Gasteiger partial charge in [0.15, 0.2) is 11.5 Å². The van der Waals surface area contributed by atoms with Gasteiger partial charge in [0.1, 0.15) is 12.7 Å². The minimum atomic E-state index is -0.582. The van der Waals surface area contributed by atoms with Crippen LogP contribution in [0.15, 0.2) is 35.3 Å². The van der Waals surface area contributed by atoms with Crippen molar-refractivity contribution < 1.29 is 14.6 Å². The summed E-state index contributed by atoms with van der Waals surface area (Å²) in [6, 6.07) is 7.34. The lowest BCUT2D eigenvalue weighted by Gasteiger charge is -2.14. The molecule has 0 amide bonds. The lowest BCUT2D eigenvalue weighted by atomic mass is 10.3.